The molecule has 0 aliphatic carbocycles. The zero-order valence-electron chi connectivity index (χ0n) is 24.2. The summed E-state index contributed by atoms with van der Waals surface area (Å²) in [7, 11) is 0. The summed E-state index contributed by atoms with van der Waals surface area (Å²) in [6, 6.07) is 29.1. The quantitative estimate of drug-likeness (QED) is 0.194. The van der Waals surface area contributed by atoms with Gasteiger partial charge < -0.3 is 16.0 Å². The summed E-state index contributed by atoms with van der Waals surface area (Å²) >= 11 is 0. The molecule has 0 bridgehead atoms. The normalized spacial score (nSPS) is 16.7. The Morgan fingerprint density at radius 3 is 2.42 bits per heavy atom. The van der Waals surface area contributed by atoms with E-state index in [1.807, 2.05) is 49.4 Å². The van der Waals surface area contributed by atoms with Crippen LogP contribution in [0.25, 0.3) is 11.3 Å². The highest BCUT2D eigenvalue weighted by molar-refractivity contribution is 6.37. The summed E-state index contributed by atoms with van der Waals surface area (Å²) in [5.41, 5.74) is 6.65. The summed E-state index contributed by atoms with van der Waals surface area (Å²) in [5, 5.41) is 9.53. The largest absolute Gasteiger partial charge is 0.354 e. The van der Waals surface area contributed by atoms with Gasteiger partial charge in [0.1, 0.15) is 5.82 Å². The van der Waals surface area contributed by atoms with Gasteiger partial charge in [0.15, 0.2) is 0 Å². The van der Waals surface area contributed by atoms with E-state index in [0.717, 1.165) is 36.4 Å². The topological polar surface area (TPSA) is 73.5 Å². The van der Waals surface area contributed by atoms with Crippen LogP contribution in [0.15, 0.2) is 97.1 Å². The van der Waals surface area contributed by atoms with Crippen molar-refractivity contribution < 1.29 is 14.0 Å². The molecule has 6 rings (SSSR count). The number of carbonyl (C=O) groups is 2. The molecule has 1 atom stereocenters. The third kappa shape index (κ3) is 6.52. The number of piperidine rings is 1. The number of benzene rings is 4. The number of halogens is 1. The number of nitrogens with one attached hydrogen (secondary N) is 3. The van der Waals surface area contributed by atoms with Crippen molar-refractivity contribution in [3.8, 4) is 0 Å². The maximum absolute atomic E-state index is 13.5. The van der Waals surface area contributed by atoms with Crippen LogP contribution in [-0.4, -0.2) is 29.8 Å². The second-order valence-corrected chi connectivity index (χ2v) is 11.2. The first-order valence-corrected chi connectivity index (χ1v) is 14.8. The van der Waals surface area contributed by atoms with E-state index in [2.05, 4.69) is 33.0 Å². The van der Waals surface area contributed by atoms with Crippen LogP contribution >= 0.6 is 0 Å². The van der Waals surface area contributed by atoms with Crippen LogP contribution in [0.1, 0.15) is 64.8 Å². The molecule has 2 aliphatic heterocycles. The molecule has 1 saturated heterocycles. The second-order valence-electron chi connectivity index (χ2n) is 11.2. The Balaban J connectivity index is 1.32. The van der Waals surface area contributed by atoms with E-state index in [9.17, 15) is 14.0 Å². The van der Waals surface area contributed by atoms with Crippen molar-refractivity contribution in [1.82, 2.24) is 10.2 Å². The van der Waals surface area contributed by atoms with Crippen molar-refractivity contribution in [3.05, 3.63) is 131 Å². The minimum absolute atomic E-state index is 0.233. The molecule has 2 aliphatic rings. The molecule has 4 aromatic rings. The van der Waals surface area contributed by atoms with Crippen molar-refractivity contribution in [3.63, 3.8) is 0 Å². The number of amides is 2. The van der Waals surface area contributed by atoms with Crippen molar-refractivity contribution in [2.45, 2.75) is 38.8 Å². The van der Waals surface area contributed by atoms with Gasteiger partial charge in [-0.2, -0.15) is 0 Å². The van der Waals surface area contributed by atoms with Crippen molar-refractivity contribution >= 4 is 34.5 Å². The van der Waals surface area contributed by atoms with Crippen molar-refractivity contribution in [2.75, 3.05) is 23.7 Å². The first-order chi connectivity index (χ1) is 20.9. The highest BCUT2D eigenvalue weighted by Gasteiger charge is 2.29. The Morgan fingerprint density at radius 1 is 0.884 bits per heavy atom. The molecule has 218 valence electrons. The standard InChI is InChI=1S/C36H35FN4O2/c1-24(26-13-16-29(37)17-14-26)38-35(42)28-15-18-32-31(22-28)33(36(43)40-32)34(27-10-4-2-5-11-27)39-30-12-8-9-25(21-30)23-41-19-6-3-7-20-41/h2,4-5,8-18,21-22,24,39H,3,6-7,19-20,23H2,1H3,(H,38,42)(H,40,43)/b34-33-/t24-/m1/s1. The summed E-state index contributed by atoms with van der Waals surface area (Å²) in [6.45, 7) is 4.98. The Labute approximate surface area is 251 Å². The monoisotopic (exact) mass is 574 g/mol. The zero-order chi connectivity index (χ0) is 29.8. The predicted molar refractivity (Wildman–Crippen MR) is 170 cm³/mol. The van der Waals surface area contributed by atoms with Crippen LogP contribution in [0.5, 0.6) is 0 Å². The molecular formula is C36H35FN4O2. The fraction of sp³-hybridized carbons (Fsp3) is 0.222. The minimum atomic E-state index is -0.325. The number of anilines is 2. The van der Waals surface area contributed by atoms with Gasteiger partial charge >= 0.3 is 0 Å². The van der Waals surface area contributed by atoms with Crippen molar-refractivity contribution in [2.24, 2.45) is 0 Å². The number of likely N-dealkylation sites (tertiary alicyclic amines) is 1. The Hall–Kier alpha value is -4.75. The molecule has 4 aromatic carbocycles. The Bertz CT molecular complexity index is 1660. The summed E-state index contributed by atoms with van der Waals surface area (Å²) in [6.07, 6.45) is 3.77. The highest BCUT2D eigenvalue weighted by Crippen LogP contribution is 2.38. The fourth-order valence-corrected chi connectivity index (χ4v) is 5.82. The molecule has 6 nitrogen and oxygen atoms in total. The van der Waals surface area contributed by atoms with Gasteiger partial charge in [-0.05, 0) is 92.0 Å². The Kier molecular flexibility index (Phi) is 8.34. The van der Waals surface area contributed by atoms with Gasteiger partial charge in [0.2, 0.25) is 0 Å². The van der Waals surface area contributed by atoms with Gasteiger partial charge in [-0.3, -0.25) is 14.5 Å². The molecule has 0 aromatic heterocycles. The maximum Gasteiger partial charge on any atom is 0.258 e. The first kappa shape index (κ1) is 28.4. The van der Waals surface area contributed by atoms with Gasteiger partial charge in [-0.25, -0.2) is 4.39 Å². The lowest BCUT2D eigenvalue weighted by molar-refractivity contribution is -0.110. The third-order valence-corrected chi connectivity index (χ3v) is 8.11. The summed E-state index contributed by atoms with van der Waals surface area (Å²) < 4.78 is 13.4. The lowest BCUT2D eigenvalue weighted by Crippen LogP contribution is -2.29. The van der Waals surface area contributed by atoms with Crippen LogP contribution in [0.3, 0.4) is 0 Å². The van der Waals surface area contributed by atoms with Gasteiger partial charge in [0.05, 0.1) is 17.3 Å². The molecule has 2 heterocycles. The molecule has 0 radical (unpaired) electrons. The maximum atomic E-state index is 13.5. The van der Waals surface area contributed by atoms with E-state index < -0.39 is 0 Å². The highest BCUT2D eigenvalue weighted by atomic mass is 19.1. The summed E-state index contributed by atoms with van der Waals surface area (Å²) in [4.78, 5) is 29.3. The van der Waals surface area contributed by atoms with Crippen molar-refractivity contribution in [1.29, 1.82) is 0 Å². The predicted octanol–water partition coefficient (Wildman–Crippen LogP) is 7.24. The minimum Gasteiger partial charge on any atom is -0.354 e. The van der Waals surface area contributed by atoms with Crippen LogP contribution in [0, 0.1) is 5.82 Å². The fourth-order valence-electron chi connectivity index (χ4n) is 5.82. The molecule has 2 amide bonds. The SMILES string of the molecule is C[C@@H](NC(=O)c1ccc2c(c1)/C(=C(/Nc1cccc(CN3CCCCC3)c1)c1ccccc1)C(=O)N2)c1ccc(F)cc1. The van der Waals surface area contributed by atoms with Crippen LogP contribution in [0.4, 0.5) is 15.8 Å². The number of carbonyl (C=O) groups excluding carboxylic acids is 2. The van der Waals surface area contributed by atoms with Crippen LogP contribution in [0.2, 0.25) is 0 Å². The molecular weight excluding hydrogens is 539 g/mol. The van der Waals surface area contributed by atoms with Gasteiger partial charge in [-0.15, -0.1) is 0 Å². The number of rotatable bonds is 8. The van der Waals surface area contributed by atoms with Crippen LogP contribution in [-0.2, 0) is 11.3 Å². The third-order valence-electron chi connectivity index (χ3n) is 8.11. The molecule has 0 unspecified atom stereocenters. The smallest absolute Gasteiger partial charge is 0.258 e. The molecule has 0 spiro atoms. The lowest BCUT2D eigenvalue weighted by atomic mass is 9.98. The molecule has 43 heavy (non-hydrogen) atoms. The molecule has 7 heteroatoms. The van der Waals surface area contributed by atoms with Gasteiger partial charge in [-0.1, -0.05) is 61.0 Å². The van der Waals surface area contributed by atoms with Gasteiger partial charge in [0.25, 0.3) is 11.8 Å². The second kappa shape index (κ2) is 12.6. The first-order valence-electron chi connectivity index (χ1n) is 14.8. The Morgan fingerprint density at radius 2 is 1.65 bits per heavy atom. The van der Waals surface area contributed by atoms with Crippen LogP contribution < -0.4 is 16.0 Å². The molecule has 3 N–H and O–H groups in total. The summed E-state index contributed by atoms with van der Waals surface area (Å²) in [5.74, 6) is -0.838. The zero-order valence-corrected chi connectivity index (χ0v) is 24.2. The van der Waals surface area contributed by atoms with E-state index in [4.69, 9.17) is 0 Å². The number of hydrogen-bond donors (Lipinski definition) is 3. The van der Waals surface area contributed by atoms with E-state index >= 15 is 0 Å². The van der Waals surface area contributed by atoms with E-state index in [0.29, 0.717) is 28.1 Å². The van der Waals surface area contributed by atoms with E-state index in [-0.39, 0.29) is 23.7 Å². The average Bonchev–Trinajstić information content (AvgIpc) is 3.36. The number of fused-ring (bicyclic) bond motifs is 1. The number of hydrogen-bond acceptors (Lipinski definition) is 4. The van der Waals surface area contributed by atoms with E-state index in [1.165, 1.54) is 37.0 Å². The number of nitrogens with zero attached hydrogens (tertiary/aromatic N) is 1. The average molecular weight is 575 g/mol. The van der Waals surface area contributed by atoms with Gasteiger partial charge in [0, 0.05) is 29.0 Å². The van der Waals surface area contributed by atoms with E-state index in [1.54, 1.807) is 30.3 Å². The molecule has 1 fully saturated rings. The molecule has 0 saturated carbocycles. The lowest BCUT2D eigenvalue weighted by Gasteiger charge is -2.26.